The van der Waals surface area contributed by atoms with Crippen LogP contribution in [0, 0.1) is 0 Å². The third-order valence-electron chi connectivity index (χ3n) is 9.00. The first-order valence-corrected chi connectivity index (χ1v) is 16.3. The summed E-state index contributed by atoms with van der Waals surface area (Å²) in [7, 11) is 0. The van der Waals surface area contributed by atoms with E-state index in [0.29, 0.717) is 5.82 Å². The van der Waals surface area contributed by atoms with Crippen LogP contribution in [0.2, 0.25) is 0 Å². The van der Waals surface area contributed by atoms with Crippen LogP contribution in [0.1, 0.15) is 0 Å². The zero-order valence-corrected chi connectivity index (χ0v) is 26.5. The van der Waals surface area contributed by atoms with Crippen LogP contribution in [0.25, 0.3) is 89.2 Å². The average Bonchev–Trinajstić information content (AvgIpc) is 3.57. The molecule has 4 heteroatoms. The van der Waals surface area contributed by atoms with E-state index in [4.69, 9.17) is 14.4 Å². The van der Waals surface area contributed by atoms with Crippen molar-refractivity contribution in [2.75, 3.05) is 0 Å². The summed E-state index contributed by atoms with van der Waals surface area (Å²) in [4.78, 5) is 14.4. The quantitative estimate of drug-likeness (QED) is 0.184. The highest BCUT2D eigenvalue weighted by molar-refractivity contribution is 6.06. The molecule has 0 N–H and O–H groups in total. The molecular formula is C45H29N3O. The normalized spacial score (nSPS) is 11.3. The predicted octanol–water partition coefficient (Wildman–Crippen LogP) is 11.8. The van der Waals surface area contributed by atoms with Crippen LogP contribution in [0.4, 0.5) is 0 Å². The molecule has 0 aliphatic carbocycles. The Morgan fingerprint density at radius 1 is 0.327 bits per heavy atom. The number of benzene rings is 6. The minimum absolute atomic E-state index is 0.676. The molecule has 0 saturated carbocycles. The summed E-state index contributed by atoms with van der Waals surface area (Å²) in [6.45, 7) is 0. The molecule has 230 valence electrons. The first-order valence-electron chi connectivity index (χ1n) is 16.3. The van der Waals surface area contributed by atoms with Crippen molar-refractivity contribution in [1.29, 1.82) is 0 Å². The minimum Gasteiger partial charge on any atom is -0.456 e. The third-order valence-corrected chi connectivity index (χ3v) is 9.00. The van der Waals surface area contributed by atoms with E-state index >= 15 is 0 Å². The lowest BCUT2D eigenvalue weighted by Gasteiger charge is -2.13. The van der Waals surface area contributed by atoms with Crippen LogP contribution < -0.4 is 0 Å². The maximum Gasteiger partial charge on any atom is 0.160 e. The van der Waals surface area contributed by atoms with Crippen molar-refractivity contribution in [3.63, 3.8) is 0 Å². The number of nitrogens with zero attached hydrogens (tertiary/aromatic N) is 3. The summed E-state index contributed by atoms with van der Waals surface area (Å²) >= 11 is 0. The van der Waals surface area contributed by atoms with Gasteiger partial charge in [0.05, 0.1) is 11.4 Å². The first kappa shape index (κ1) is 28.6. The molecule has 0 spiro atoms. The Morgan fingerprint density at radius 2 is 0.857 bits per heavy atom. The van der Waals surface area contributed by atoms with E-state index in [9.17, 15) is 0 Å². The van der Waals surface area contributed by atoms with Gasteiger partial charge in [0.15, 0.2) is 5.82 Å². The van der Waals surface area contributed by atoms with Crippen LogP contribution in [0.3, 0.4) is 0 Å². The highest BCUT2D eigenvalue weighted by atomic mass is 16.3. The predicted molar refractivity (Wildman–Crippen MR) is 200 cm³/mol. The fourth-order valence-electron chi connectivity index (χ4n) is 6.48. The fraction of sp³-hybridized carbons (Fsp3) is 0. The van der Waals surface area contributed by atoms with Gasteiger partial charge in [0.1, 0.15) is 11.2 Å². The maximum absolute atomic E-state index is 6.17. The summed E-state index contributed by atoms with van der Waals surface area (Å²) in [5.74, 6) is 0.676. The van der Waals surface area contributed by atoms with Gasteiger partial charge in [0, 0.05) is 39.9 Å². The number of pyridine rings is 1. The van der Waals surface area contributed by atoms with Gasteiger partial charge < -0.3 is 4.42 Å². The standard InChI is InChI=1S/C45H29N3O/c1-3-9-30(10-4-1)31-15-17-32(18-16-31)36-25-37(35-19-20-44-40(28-35)39-13-7-8-14-43(39)49-44)27-38(26-36)42-29-41(33-21-23-46-24-22-33)47-45(48-42)34-11-5-2-6-12-34/h1-29H. The van der Waals surface area contributed by atoms with E-state index in [1.165, 1.54) is 11.1 Å². The number of para-hydroxylation sites is 1. The lowest BCUT2D eigenvalue weighted by molar-refractivity contribution is 0.669. The Kier molecular flexibility index (Phi) is 7.10. The second-order valence-corrected chi connectivity index (χ2v) is 12.1. The molecule has 6 aromatic carbocycles. The minimum atomic E-state index is 0.676. The molecule has 0 radical (unpaired) electrons. The molecule has 0 unspecified atom stereocenters. The van der Waals surface area contributed by atoms with Crippen molar-refractivity contribution >= 4 is 21.9 Å². The largest absolute Gasteiger partial charge is 0.456 e. The summed E-state index contributed by atoms with van der Waals surface area (Å²) in [6.07, 6.45) is 3.60. The van der Waals surface area contributed by atoms with Gasteiger partial charge in [-0.3, -0.25) is 4.98 Å². The van der Waals surface area contributed by atoms with E-state index in [2.05, 4.69) is 120 Å². The number of hydrogen-bond acceptors (Lipinski definition) is 4. The average molecular weight is 628 g/mol. The number of rotatable bonds is 6. The van der Waals surface area contributed by atoms with Crippen LogP contribution in [0.15, 0.2) is 181 Å². The second kappa shape index (κ2) is 12.2. The van der Waals surface area contributed by atoms with Crippen LogP contribution in [-0.2, 0) is 0 Å². The van der Waals surface area contributed by atoms with Crippen LogP contribution >= 0.6 is 0 Å². The lowest BCUT2D eigenvalue weighted by atomic mass is 9.93. The molecule has 0 saturated heterocycles. The van der Waals surface area contributed by atoms with Crippen LogP contribution in [0.5, 0.6) is 0 Å². The molecule has 0 aliphatic rings. The van der Waals surface area contributed by atoms with Gasteiger partial charge in [0.2, 0.25) is 0 Å². The van der Waals surface area contributed by atoms with Gasteiger partial charge in [-0.1, -0.05) is 109 Å². The van der Waals surface area contributed by atoms with Crippen molar-refractivity contribution in [3.05, 3.63) is 176 Å². The summed E-state index contributed by atoms with van der Waals surface area (Å²) in [5, 5.41) is 2.21. The maximum atomic E-state index is 6.17. The molecule has 9 rings (SSSR count). The Hall–Kier alpha value is -6.65. The van der Waals surface area contributed by atoms with E-state index in [1.807, 2.05) is 48.5 Å². The van der Waals surface area contributed by atoms with Gasteiger partial charge in [-0.2, -0.15) is 0 Å². The zero-order valence-electron chi connectivity index (χ0n) is 26.5. The van der Waals surface area contributed by atoms with Crippen molar-refractivity contribution in [1.82, 2.24) is 15.0 Å². The molecule has 9 aromatic rings. The SMILES string of the molecule is c1ccc(-c2ccc(-c3cc(-c4ccc5oc6ccccc6c5c4)cc(-c4cc(-c5ccncc5)nc(-c5ccccc5)n4)c3)cc2)cc1. The van der Waals surface area contributed by atoms with Gasteiger partial charge in [0.25, 0.3) is 0 Å². The highest BCUT2D eigenvalue weighted by Gasteiger charge is 2.15. The number of hydrogen-bond donors (Lipinski definition) is 0. The number of aromatic nitrogens is 3. The summed E-state index contributed by atoms with van der Waals surface area (Å²) in [6, 6.07) is 56.9. The third kappa shape index (κ3) is 5.56. The van der Waals surface area contributed by atoms with Crippen molar-refractivity contribution < 1.29 is 4.42 Å². The van der Waals surface area contributed by atoms with Gasteiger partial charge in [-0.25, -0.2) is 9.97 Å². The summed E-state index contributed by atoms with van der Waals surface area (Å²) < 4.78 is 6.17. The smallest absolute Gasteiger partial charge is 0.160 e. The molecule has 4 nitrogen and oxygen atoms in total. The summed E-state index contributed by atoms with van der Waals surface area (Å²) in [5.41, 5.74) is 13.2. The van der Waals surface area contributed by atoms with E-state index < -0.39 is 0 Å². The Balaban J connectivity index is 1.24. The molecule has 0 atom stereocenters. The Labute approximate surface area is 284 Å². The van der Waals surface area contributed by atoms with E-state index in [-0.39, 0.29) is 0 Å². The molecular weight excluding hydrogens is 599 g/mol. The van der Waals surface area contributed by atoms with Crippen molar-refractivity contribution in [2.24, 2.45) is 0 Å². The first-order chi connectivity index (χ1) is 24.2. The van der Waals surface area contributed by atoms with Gasteiger partial charge >= 0.3 is 0 Å². The molecule has 0 amide bonds. The van der Waals surface area contributed by atoms with Crippen molar-refractivity contribution in [3.8, 4) is 67.3 Å². The highest BCUT2D eigenvalue weighted by Crippen LogP contribution is 2.37. The molecule has 49 heavy (non-hydrogen) atoms. The van der Waals surface area contributed by atoms with Crippen LogP contribution in [-0.4, -0.2) is 15.0 Å². The second-order valence-electron chi connectivity index (χ2n) is 12.1. The molecule has 3 aromatic heterocycles. The monoisotopic (exact) mass is 627 g/mol. The lowest BCUT2D eigenvalue weighted by Crippen LogP contribution is -1.96. The molecule has 0 bridgehead atoms. The topological polar surface area (TPSA) is 51.8 Å². The molecule has 0 fully saturated rings. The molecule has 0 aliphatic heterocycles. The van der Waals surface area contributed by atoms with Gasteiger partial charge in [-0.15, -0.1) is 0 Å². The zero-order chi connectivity index (χ0) is 32.6. The molecule has 3 heterocycles. The Morgan fingerprint density at radius 3 is 1.59 bits per heavy atom. The number of furan rings is 1. The van der Waals surface area contributed by atoms with E-state index in [0.717, 1.165) is 72.3 Å². The van der Waals surface area contributed by atoms with Crippen molar-refractivity contribution in [2.45, 2.75) is 0 Å². The van der Waals surface area contributed by atoms with Gasteiger partial charge in [-0.05, 0) is 88.0 Å². The number of fused-ring (bicyclic) bond motifs is 3. The Bertz CT molecular complexity index is 2520. The van der Waals surface area contributed by atoms with E-state index in [1.54, 1.807) is 12.4 Å². The fourth-order valence-corrected chi connectivity index (χ4v) is 6.48.